The molecule has 0 saturated heterocycles. The lowest BCUT2D eigenvalue weighted by molar-refractivity contribution is 0.557. The van der Waals surface area contributed by atoms with Crippen molar-refractivity contribution in [3.05, 3.63) is 69.9 Å². The van der Waals surface area contributed by atoms with Gasteiger partial charge in [0.25, 0.3) is 5.56 Å². The van der Waals surface area contributed by atoms with Gasteiger partial charge in [0.2, 0.25) is 5.95 Å². The van der Waals surface area contributed by atoms with Crippen LogP contribution in [0.15, 0.2) is 47.5 Å². The van der Waals surface area contributed by atoms with Gasteiger partial charge in [-0.25, -0.2) is 14.3 Å². The number of aromatic nitrogens is 5. The first-order valence-corrected chi connectivity index (χ1v) is 11.4. The number of nitrogens with zero attached hydrogens (tertiary/aromatic N) is 5. The molecule has 2 N–H and O–H groups in total. The number of anilines is 2. The van der Waals surface area contributed by atoms with Gasteiger partial charge in [0.15, 0.2) is 5.65 Å². The van der Waals surface area contributed by atoms with E-state index in [4.69, 9.17) is 4.98 Å². The summed E-state index contributed by atoms with van der Waals surface area (Å²) < 4.78 is 3.57. The van der Waals surface area contributed by atoms with Crippen molar-refractivity contribution in [3.8, 4) is 5.69 Å². The van der Waals surface area contributed by atoms with Crippen LogP contribution in [0.2, 0.25) is 0 Å². The average Bonchev–Trinajstić information content (AvgIpc) is 3.09. The second-order valence-corrected chi connectivity index (χ2v) is 9.45. The summed E-state index contributed by atoms with van der Waals surface area (Å²) in [6, 6.07) is 10.3. The summed E-state index contributed by atoms with van der Waals surface area (Å²) >= 11 is 0. The number of fused-ring (bicyclic) bond motifs is 2. The third kappa shape index (κ3) is 3.91. The van der Waals surface area contributed by atoms with Crippen LogP contribution in [0, 0.1) is 0 Å². The molecule has 0 spiro atoms. The monoisotopic (exact) mass is 443 g/mol. The molecule has 5 rings (SSSR count). The SMILES string of the molecule is CCn1c(=O)c2cnc(Nc3ccc4c(c3)CCNC4)nc2n1-c1ccnc(C(C)(C)C)c1. The number of pyridine rings is 1. The molecule has 0 aliphatic carbocycles. The number of hydrogen-bond donors (Lipinski definition) is 2. The maximum atomic E-state index is 13.1. The summed E-state index contributed by atoms with van der Waals surface area (Å²) in [5.41, 5.74) is 5.77. The van der Waals surface area contributed by atoms with Crippen molar-refractivity contribution >= 4 is 22.7 Å². The molecule has 0 amide bonds. The van der Waals surface area contributed by atoms with Crippen LogP contribution in [0.3, 0.4) is 0 Å². The Kier molecular flexibility index (Phi) is 5.25. The Bertz CT molecular complexity index is 1390. The Labute approximate surface area is 192 Å². The van der Waals surface area contributed by atoms with Crippen molar-refractivity contribution in [2.24, 2.45) is 0 Å². The van der Waals surface area contributed by atoms with Crippen LogP contribution >= 0.6 is 0 Å². The summed E-state index contributed by atoms with van der Waals surface area (Å²) in [4.78, 5) is 26.8. The zero-order chi connectivity index (χ0) is 23.2. The molecule has 3 aromatic heterocycles. The maximum Gasteiger partial charge on any atom is 0.278 e. The Morgan fingerprint density at radius 3 is 2.76 bits per heavy atom. The molecular weight excluding hydrogens is 414 g/mol. The quantitative estimate of drug-likeness (QED) is 0.500. The minimum atomic E-state index is -0.111. The van der Waals surface area contributed by atoms with Gasteiger partial charge in [-0.05, 0) is 55.3 Å². The van der Waals surface area contributed by atoms with Gasteiger partial charge in [-0.3, -0.25) is 9.78 Å². The summed E-state index contributed by atoms with van der Waals surface area (Å²) in [5, 5.41) is 7.22. The van der Waals surface area contributed by atoms with Crippen molar-refractivity contribution in [1.29, 1.82) is 0 Å². The Balaban J connectivity index is 1.60. The molecule has 8 heteroatoms. The van der Waals surface area contributed by atoms with E-state index in [9.17, 15) is 4.79 Å². The van der Waals surface area contributed by atoms with Crippen LogP contribution in [-0.2, 0) is 24.9 Å². The van der Waals surface area contributed by atoms with Crippen LogP contribution in [0.25, 0.3) is 16.7 Å². The molecule has 0 fully saturated rings. The largest absolute Gasteiger partial charge is 0.324 e. The Morgan fingerprint density at radius 1 is 1.12 bits per heavy atom. The smallest absolute Gasteiger partial charge is 0.278 e. The van der Waals surface area contributed by atoms with Gasteiger partial charge in [0.1, 0.15) is 5.39 Å². The molecule has 33 heavy (non-hydrogen) atoms. The molecule has 0 unspecified atom stereocenters. The molecule has 4 aromatic rings. The zero-order valence-electron chi connectivity index (χ0n) is 19.5. The standard InChI is InChI=1S/C25H29N7O/c1-5-31-23(33)20-15-28-24(29-18-7-6-17-14-26-10-8-16(17)12-18)30-22(20)32(31)19-9-11-27-21(13-19)25(2,3)4/h6-7,9,11-13,15,26H,5,8,10,14H2,1-4H3,(H,28,29,30). The highest BCUT2D eigenvalue weighted by Crippen LogP contribution is 2.25. The first kappa shape index (κ1) is 21.3. The van der Waals surface area contributed by atoms with Crippen LogP contribution in [0.4, 0.5) is 11.6 Å². The number of benzene rings is 1. The lowest BCUT2D eigenvalue weighted by Gasteiger charge is -2.19. The van der Waals surface area contributed by atoms with Gasteiger partial charge in [0.05, 0.1) is 5.69 Å². The highest BCUT2D eigenvalue weighted by atomic mass is 16.1. The molecule has 0 bridgehead atoms. The van der Waals surface area contributed by atoms with Crippen LogP contribution in [-0.4, -0.2) is 30.9 Å². The van der Waals surface area contributed by atoms with E-state index >= 15 is 0 Å². The summed E-state index contributed by atoms with van der Waals surface area (Å²) in [6.45, 7) is 10.7. The van der Waals surface area contributed by atoms with E-state index in [0.29, 0.717) is 23.5 Å². The molecule has 0 radical (unpaired) electrons. The van der Waals surface area contributed by atoms with E-state index < -0.39 is 0 Å². The van der Waals surface area contributed by atoms with Crippen molar-refractivity contribution in [2.45, 2.75) is 52.6 Å². The highest BCUT2D eigenvalue weighted by Gasteiger charge is 2.20. The highest BCUT2D eigenvalue weighted by molar-refractivity contribution is 5.77. The van der Waals surface area contributed by atoms with E-state index in [0.717, 1.165) is 36.6 Å². The first-order valence-electron chi connectivity index (χ1n) is 11.4. The van der Waals surface area contributed by atoms with Gasteiger partial charge in [0, 0.05) is 42.3 Å². The fourth-order valence-corrected chi connectivity index (χ4v) is 4.28. The molecule has 0 atom stereocenters. The molecule has 4 heterocycles. The third-order valence-corrected chi connectivity index (χ3v) is 6.08. The van der Waals surface area contributed by atoms with E-state index in [1.807, 2.05) is 29.8 Å². The fourth-order valence-electron chi connectivity index (χ4n) is 4.28. The second kappa shape index (κ2) is 8.12. The summed E-state index contributed by atoms with van der Waals surface area (Å²) in [5.74, 6) is 0.462. The van der Waals surface area contributed by atoms with Gasteiger partial charge in [-0.15, -0.1) is 0 Å². The van der Waals surface area contributed by atoms with E-state index in [2.05, 4.69) is 53.5 Å². The van der Waals surface area contributed by atoms with Gasteiger partial charge >= 0.3 is 0 Å². The van der Waals surface area contributed by atoms with Crippen molar-refractivity contribution in [1.82, 2.24) is 29.6 Å². The molecular formula is C25H29N7O. The molecule has 0 saturated carbocycles. The first-order chi connectivity index (χ1) is 15.8. The summed E-state index contributed by atoms with van der Waals surface area (Å²) in [7, 11) is 0. The zero-order valence-corrected chi connectivity index (χ0v) is 19.5. The number of nitrogens with one attached hydrogen (secondary N) is 2. The van der Waals surface area contributed by atoms with Crippen LogP contribution < -0.4 is 16.2 Å². The van der Waals surface area contributed by atoms with E-state index in [1.54, 1.807) is 17.1 Å². The minimum absolute atomic E-state index is 0.102. The maximum absolute atomic E-state index is 13.1. The summed E-state index contributed by atoms with van der Waals surface area (Å²) in [6.07, 6.45) is 4.40. The van der Waals surface area contributed by atoms with E-state index in [1.165, 1.54) is 11.1 Å². The minimum Gasteiger partial charge on any atom is -0.324 e. The normalized spacial score (nSPS) is 13.8. The molecule has 170 valence electrons. The molecule has 8 nitrogen and oxygen atoms in total. The lowest BCUT2D eigenvalue weighted by atomic mass is 9.91. The van der Waals surface area contributed by atoms with Gasteiger partial charge in [-0.2, -0.15) is 4.98 Å². The van der Waals surface area contributed by atoms with Crippen LogP contribution in [0.1, 0.15) is 44.5 Å². The number of rotatable bonds is 4. The Hall–Kier alpha value is -3.52. The topological polar surface area (TPSA) is 89.7 Å². The fraction of sp³-hybridized carbons (Fsp3) is 0.360. The van der Waals surface area contributed by atoms with Crippen molar-refractivity contribution in [2.75, 3.05) is 11.9 Å². The second-order valence-electron chi connectivity index (χ2n) is 9.45. The van der Waals surface area contributed by atoms with Gasteiger partial charge in [-0.1, -0.05) is 26.8 Å². The average molecular weight is 444 g/mol. The molecule has 1 aliphatic heterocycles. The van der Waals surface area contributed by atoms with E-state index in [-0.39, 0.29) is 11.0 Å². The van der Waals surface area contributed by atoms with Crippen molar-refractivity contribution < 1.29 is 0 Å². The van der Waals surface area contributed by atoms with Gasteiger partial charge < -0.3 is 10.6 Å². The lowest BCUT2D eigenvalue weighted by Crippen LogP contribution is -2.23. The third-order valence-electron chi connectivity index (χ3n) is 6.08. The predicted octanol–water partition coefficient (Wildman–Crippen LogP) is 3.68. The van der Waals surface area contributed by atoms with Crippen molar-refractivity contribution in [3.63, 3.8) is 0 Å². The predicted molar refractivity (Wildman–Crippen MR) is 130 cm³/mol. The Morgan fingerprint density at radius 2 is 1.97 bits per heavy atom. The molecule has 1 aromatic carbocycles. The molecule has 1 aliphatic rings. The number of hydrogen-bond acceptors (Lipinski definition) is 6. The van der Waals surface area contributed by atoms with Crippen LogP contribution in [0.5, 0.6) is 0 Å².